The summed E-state index contributed by atoms with van der Waals surface area (Å²) in [7, 11) is 0. The molecule has 0 radical (unpaired) electrons. The van der Waals surface area contributed by atoms with Crippen LogP contribution in [-0.2, 0) is 0 Å². The number of hydrogen-bond donors (Lipinski definition) is 1. The van der Waals surface area contributed by atoms with Crippen molar-refractivity contribution in [3.63, 3.8) is 0 Å². The fourth-order valence-corrected chi connectivity index (χ4v) is 2.79. The predicted octanol–water partition coefficient (Wildman–Crippen LogP) is 3.03. The standard InChI is InChI=1S/C15H16Cl2N4O.ClH/c1-10-9-18-5-7-20(10)15(22)14-4-6-21(19-14)11-2-3-12(16)13(17)8-11;/h2-4,6,8,10,18H,5,7,9H2,1H3;1H. The van der Waals surface area contributed by atoms with Crippen LogP contribution >= 0.6 is 35.6 Å². The normalized spacial score (nSPS) is 17.7. The molecule has 1 aliphatic rings. The SMILES string of the molecule is CC1CNCCN1C(=O)c1ccn(-c2ccc(Cl)c(Cl)c2)n1.Cl. The minimum absolute atomic E-state index is 0. The quantitative estimate of drug-likeness (QED) is 0.878. The molecule has 1 atom stereocenters. The lowest BCUT2D eigenvalue weighted by Crippen LogP contribution is -2.52. The highest BCUT2D eigenvalue weighted by atomic mass is 35.5. The van der Waals surface area contributed by atoms with Crippen LogP contribution in [0.5, 0.6) is 0 Å². The molecule has 0 spiro atoms. The zero-order valence-electron chi connectivity index (χ0n) is 12.5. The maximum absolute atomic E-state index is 12.6. The Kier molecular flexibility index (Phi) is 5.92. The summed E-state index contributed by atoms with van der Waals surface area (Å²) in [5, 5.41) is 8.58. The maximum Gasteiger partial charge on any atom is 0.274 e. The van der Waals surface area contributed by atoms with Crippen LogP contribution in [0.15, 0.2) is 30.5 Å². The third kappa shape index (κ3) is 3.80. The lowest BCUT2D eigenvalue weighted by molar-refractivity contribution is 0.0649. The van der Waals surface area contributed by atoms with Crippen molar-refractivity contribution < 1.29 is 4.79 Å². The Morgan fingerprint density at radius 3 is 2.78 bits per heavy atom. The molecule has 1 aromatic carbocycles. The number of rotatable bonds is 2. The summed E-state index contributed by atoms with van der Waals surface area (Å²) in [5.41, 5.74) is 1.20. The van der Waals surface area contributed by atoms with Crippen molar-refractivity contribution >= 4 is 41.5 Å². The van der Waals surface area contributed by atoms with Gasteiger partial charge in [-0.1, -0.05) is 23.2 Å². The van der Waals surface area contributed by atoms with Gasteiger partial charge in [-0.3, -0.25) is 4.79 Å². The van der Waals surface area contributed by atoms with Gasteiger partial charge in [0.2, 0.25) is 0 Å². The summed E-state index contributed by atoms with van der Waals surface area (Å²) < 4.78 is 1.63. The van der Waals surface area contributed by atoms with Crippen LogP contribution in [0, 0.1) is 0 Å². The van der Waals surface area contributed by atoms with E-state index < -0.39 is 0 Å². The van der Waals surface area contributed by atoms with Crippen molar-refractivity contribution in [1.82, 2.24) is 20.0 Å². The second-order valence-corrected chi connectivity index (χ2v) is 6.11. The first-order valence-corrected chi connectivity index (χ1v) is 7.84. The number of halogens is 3. The highest BCUT2D eigenvalue weighted by Gasteiger charge is 2.25. The average Bonchev–Trinajstić information content (AvgIpc) is 3.00. The number of carbonyl (C=O) groups excluding carboxylic acids is 1. The van der Waals surface area contributed by atoms with E-state index in [1.54, 1.807) is 29.1 Å². The molecule has 2 heterocycles. The Hall–Kier alpha value is -1.27. The van der Waals surface area contributed by atoms with Crippen LogP contribution in [0.2, 0.25) is 10.0 Å². The largest absolute Gasteiger partial charge is 0.332 e. The lowest BCUT2D eigenvalue weighted by atomic mass is 10.2. The predicted molar refractivity (Wildman–Crippen MR) is 94.2 cm³/mol. The van der Waals surface area contributed by atoms with Crippen molar-refractivity contribution in [3.05, 3.63) is 46.2 Å². The van der Waals surface area contributed by atoms with Crippen molar-refractivity contribution in [2.24, 2.45) is 0 Å². The number of benzene rings is 1. The van der Waals surface area contributed by atoms with E-state index in [2.05, 4.69) is 10.4 Å². The topological polar surface area (TPSA) is 50.2 Å². The van der Waals surface area contributed by atoms with E-state index in [1.807, 2.05) is 17.9 Å². The van der Waals surface area contributed by atoms with Crippen molar-refractivity contribution in [1.29, 1.82) is 0 Å². The highest BCUT2D eigenvalue weighted by Crippen LogP contribution is 2.24. The molecule has 1 unspecified atom stereocenters. The average molecular weight is 376 g/mol. The summed E-state index contributed by atoms with van der Waals surface area (Å²) in [6.07, 6.45) is 1.75. The van der Waals surface area contributed by atoms with Gasteiger partial charge in [-0.05, 0) is 31.2 Å². The van der Waals surface area contributed by atoms with Crippen molar-refractivity contribution in [2.45, 2.75) is 13.0 Å². The molecular formula is C15H17Cl3N4O. The van der Waals surface area contributed by atoms with Gasteiger partial charge in [0, 0.05) is 31.9 Å². The van der Waals surface area contributed by atoms with Crippen LogP contribution in [0.4, 0.5) is 0 Å². The second-order valence-electron chi connectivity index (χ2n) is 5.30. The summed E-state index contributed by atoms with van der Waals surface area (Å²) in [6.45, 7) is 4.34. The van der Waals surface area contributed by atoms with Gasteiger partial charge >= 0.3 is 0 Å². The molecule has 1 aromatic heterocycles. The molecule has 5 nitrogen and oxygen atoms in total. The summed E-state index contributed by atoms with van der Waals surface area (Å²) >= 11 is 11.9. The van der Waals surface area contributed by atoms with E-state index in [0.717, 1.165) is 18.8 Å². The number of aromatic nitrogens is 2. The fraction of sp³-hybridized carbons (Fsp3) is 0.333. The zero-order chi connectivity index (χ0) is 15.7. The van der Waals surface area contributed by atoms with Gasteiger partial charge in [-0.25, -0.2) is 4.68 Å². The molecular weight excluding hydrogens is 359 g/mol. The van der Waals surface area contributed by atoms with Gasteiger partial charge in [0.1, 0.15) is 0 Å². The van der Waals surface area contributed by atoms with Crippen molar-refractivity contribution in [2.75, 3.05) is 19.6 Å². The number of hydrogen-bond acceptors (Lipinski definition) is 3. The molecule has 8 heteroatoms. The van der Waals surface area contributed by atoms with E-state index in [9.17, 15) is 4.79 Å². The number of nitrogens with zero attached hydrogens (tertiary/aromatic N) is 3. The van der Waals surface area contributed by atoms with E-state index in [0.29, 0.717) is 22.3 Å². The van der Waals surface area contributed by atoms with Crippen molar-refractivity contribution in [3.8, 4) is 5.69 Å². The Bertz CT molecular complexity index is 704. The summed E-state index contributed by atoms with van der Waals surface area (Å²) in [4.78, 5) is 14.4. The summed E-state index contributed by atoms with van der Waals surface area (Å²) in [5.74, 6) is -0.0483. The third-order valence-corrected chi connectivity index (χ3v) is 4.48. The second kappa shape index (κ2) is 7.53. The molecule has 0 saturated carbocycles. The van der Waals surface area contributed by atoms with E-state index in [4.69, 9.17) is 23.2 Å². The van der Waals surface area contributed by atoms with Gasteiger partial charge in [0.15, 0.2) is 5.69 Å². The number of piperazine rings is 1. The first kappa shape index (κ1) is 18.1. The third-order valence-electron chi connectivity index (χ3n) is 3.74. The molecule has 124 valence electrons. The summed E-state index contributed by atoms with van der Waals surface area (Å²) in [6, 6.07) is 7.12. The monoisotopic (exact) mass is 374 g/mol. The van der Waals surface area contributed by atoms with Gasteiger partial charge in [-0.2, -0.15) is 5.10 Å². The molecule has 3 rings (SSSR count). The smallest absolute Gasteiger partial charge is 0.274 e. The molecule has 0 aliphatic carbocycles. The van der Waals surface area contributed by atoms with Gasteiger partial charge < -0.3 is 10.2 Å². The Labute approximate surface area is 151 Å². The number of carbonyl (C=O) groups is 1. The van der Waals surface area contributed by atoms with Gasteiger partial charge in [0.25, 0.3) is 5.91 Å². The Morgan fingerprint density at radius 2 is 2.09 bits per heavy atom. The molecule has 1 amide bonds. The fourth-order valence-electron chi connectivity index (χ4n) is 2.50. The first-order chi connectivity index (χ1) is 10.6. The van der Waals surface area contributed by atoms with Gasteiger partial charge in [-0.15, -0.1) is 12.4 Å². The Balaban J connectivity index is 0.00000192. The molecule has 1 aliphatic heterocycles. The van der Waals surface area contributed by atoms with Crippen LogP contribution < -0.4 is 5.32 Å². The molecule has 1 N–H and O–H groups in total. The minimum atomic E-state index is -0.0483. The molecule has 23 heavy (non-hydrogen) atoms. The number of amides is 1. The molecule has 2 aromatic rings. The van der Waals surface area contributed by atoms with Crippen LogP contribution in [-0.4, -0.2) is 46.3 Å². The highest BCUT2D eigenvalue weighted by molar-refractivity contribution is 6.42. The van der Waals surface area contributed by atoms with Gasteiger partial charge in [0.05, 0.1) is 15.7 Å². The zero-order valence-corrected chi connectivity index (χ0v) is 14.8. The minimum Gasteiger partial charge on any atom is -0.332 e. The first-order valence-electron chi connectivity index (χ1n) is 7.09. The van der Waals surface area contributed by atoms with Crippen LogP contribution in [0.1, 0.15) is 17.4 Å². The van der Waals surface area contributed by atoms with E-state index >= 15 is 0 Å². The van der Waals surface area contributed by atoms with E-state index in [1.165, 1.54) is 0 Å². The number of nitrogens with one attached hydrogen (secondary N) is 1. The lowest BCUT2D eigenvalue weighted by Gasteiger charge is -2.33. The molecule has 0 bridgehead atoms. The van der Waals surface area contributed by atoms with Crippen LogP contribution in [0.25, 0.3) is 5.69 Å². The van der Waals surface area contributed by atoms with E-state index in [-0.39, 0.29) is 24.4 Å². The molecule has 1 saturated heterocycles. The maximum atomic E-state index is 12.6. The molecule has 1 fully saturated rings. The Morgan fingerprint density at radius 1 is 1.30 bits per heavy atom. The van der Waals surface area contributed by atoms with Crippen LogP contribution in [0.3, 0.4) is 0 Å².